The van der Waals surface area contributed by atoms with Crippen molar-refractivity contribution < 1.29 is 85.0 Å². The van der Waals surface area contributed by atoms with E-state index in [1.807, 2.05) is 0 Å². The quantitative estimate of drug-likeness (QED) is 0.223. The lowest BCUT2D eigenvalue weighted by Gasteiger charge is -2.46. The Balaban J connectivity index is 1.31. The summed E-state index contributed by atoms with van der Waals surface area (Å²) in [5, 5.41) is 8.51. The van der Waals surface area contributed by atoms with E-state index in [1.165, 1.54) is 76.0 Å². The number of alkyl halides is 3. The first-order valence-electron chi connectivity index (χ1n) is 36.8. The molecule has 105 heavy (non-hydrogen) atoms. The van der Waals surface area contributed by atoms with Crippen LogP contribution in [0.1, 0.15) is 161 Å². The number of hydrogen-bond acceptors (Lipinski definition) is 15. The Bertz CT molecular complexity index is 3480. The number of esters is 1. The maximum absolute atomic E-state index is 15.5. The molecule has 5 aliphatic rings. The molecule has 3 aliphatic heterocycles. The molecule has 0 radical (unpaired) electrons. The van der Waals surface area contributed by atoms with Crippen molar-refractivity contribution in [2.24, 2.45) is 11.8 Å². The van der Waals surface area contributed by atoms with E-state index in [2.05, 4.69) is 16.0 Å². The molecule has 2 saturated carbocycles. The second kappa shape index (κ2) is 36.1. The molecule has 2 aliphatic carbocycles. The molecule has 27 nitrogen and oxygen atoms in total. The topological polar surface area (TPSA) is 306 Å². The van der Waals surface area contributed by atoms with Gasteiger partial charge in [0.05, 0.1) is 31.2 Å². The summed E-state index contributed by atoms with van der Waals surface area (Å²) in [6, 6.07) is 1.93. The first-order valence-corrected chi connectivity index (χ1v) is 36.8. The molecule has 2 aromatic rings. The molecule has 3 N–H and O–H groups in total. The largest absolute Gasteiger partial charge is 0.455 e. The van der Waals surface area contributed by atoms with Gasteiger partial charge in [-0.2, -0.15) is 13.2 Å². The fourth-order valence-corrected chi connectivity index (χ4v) is 15.1. The van der Waals surface area contributed by atoms with Gasteiger partial charge in [-0.3, -0.25) is 62.3 Å². The predicted octanol–water partition coefficient (Wildman–Crippen LogP) is 4.27. The lowest BCUT2D eigenvalue weighted by Crippen LogP contribution is -2.68. The molecule has 580 valence electrons. The molecule has 1 unspecified atom stereocenters. The van der Waals surface area contributed by atoms with Gasteiger partial charge in [-0.1, -0.05) is 82.5 Å². The normalized spacial score (nSPS) is 26.1. The molecule has 10 atom stereocenters. The number of carbonyl (C=O) groups excluding carboxylic acids is 13. The van der Waals surface area contributed by atoms with Crippen LogP contribution in [0.15, 0.2) is 54.6 Å². The van der Waals surface area contributed by atoms with Crippen molar-refractivity contribution >= 4 is 76.9 Å². The number of likely N-dealkylation sites (N-methyl/N-ethyl adjacent to an activating group) is 7. The Morgan fingerprint density at radius 1 is 0.657 bits per heavy atom. The molecular weight excluding hydrogens is 1370 g/mol. The summed E-state index contributed by atoms with van der Waals surface area (Å²) in [6.45, 7) is 8.69. The number of halogens is 3. The number of benzene rings is 2. The number of rotatable bonds is 14. The Kier molecular flexibility index (Phi) is 28.7. The SMILES string of the molecule is CCO[C@@H]1C[C@H]2C(=O)NC3(CCC3)C(=O)N(C)[C@@H](C3CCCC3)C(=O)N(C)[C@H](C(=O)N(C)C)CC(=O)N(C)[C@H](CC)C(=O)NC([C@@H](C)CC)C(=O)N(C)CC(=O)N(C)[C@H]3CCCCN(C3=O)[C@@H](Cc3ccc(C(F)(F)F)cc3)C(=O)N(C)CC(=O)N[C@@H](CCC(=O)OC(C)(C)c3ccccc3)C(=O)N2C1. The summed E-state index contributed by atoms with van der Waals surface area (Å²) in [7, 11) is 11.1. The van der Waals surface area contributed by atoms with Gasteiger partial charge in [0.15, 0.2) is 0 Å². The van der Waals surface area contributed by atoms with Gasteiger partial charge in [0.2, 0.25) is 70.9 Å². The molecule has 0 aromatic heterocycles. The number of nitrogens with zero attached hydrogens (tertiary/aromatic N) is 9. The molecule has 30 heteroatoms. The first kappa shape index (κ1) is 83.6. The molecule has 7 rings (SSSR count). The predicted molar refractivity (Wildman–Crippen MR) is 380 cm³/mol. The molecule has 12 amide bonds. The zero-order valence-corrected chi connectivity index (χ0v) is 63.4. The van der Waals surface area contributed by atoms with Crippen molar-refractivity contribution in [2.45, 2.75) is 222 Å². The highest BCUT2D eigenvalue weighted by Gasteiger charge is 2.54. The van der Waals surface area contributed by atoms with E-state index in [0.29, 0.717) is 50.5 Å². The zero-order valence-electron chi connectivity index (χ0n) is 63.4. The highest BCUT2D eigenvalue weighted by Crippen LogP contribution is 2.39. The number of carbonyl (C=O) groups is 13. The van der Waals surface area contributed by atoms with E-state index in [9.17, 15) is 46.7 Å². The maximum Gasteiger partial charge on any atom is 0.416 e. The zero-order chi connectivity index (χ0) is 77.7. The van der Waals surface area contributed by atoms with Crippen LogP contribution in [-0.2, 0) is 90.0 Å². The minimum atomic E-state index is -4.72. The molecule has 3 saturated heterocycles. The molecular formula is C75H109F3N12O15. The van der Waals surface area contributed by atoms with Crippen molar-refractivity contribution in [3.8, 4) is 0 Å². The lowest BCUT2D eigenvalue weighted by atomic mass is 9.74. The van der Waals surface area contributed by atoms with Crippen LogP contribution in [0.5, 0.6) is 0 Å². The van der Waals surface area contributed by atoms with Crippen LogP contribution in [0.25, 0.3) is 0 Å². The summed E-state index contributed by atoms with van der Waals surface area (Å²) in [5.41, 5.74) is -2.92. The molecule has 2 aromatic carbocycles. The van der Waals surface area contributed by atoms with Crippen molar-refractivity contribution in [3.63, 3.8) is 0 Å². The molecule has 2 bridgehead atoms. The van der Waals surface area contributed by atoms with Gasteiger partial charge in [0.1, 0.15) is 59.5 Å². The van der Waals surface area contributed by atoms with Gasteiger partial charge in [-0.05, 0) is 120 Å². The minimum Gasteiger partial charge on any atom is -0.455 e. The monoisotopic (exact) mass is 1470 g/mol. The van der Waals surface area contributed by atoms with Crippen LogP contribution in [-0.4, -0.2) is 270 Å². The Morgan fingerprint density at radius 3 is 1.87 bits per heavy atom. The van der Waals surface area contributed by atoms with Crippen molar-refractivity contribution in [1.82, 2.24) is 60.0 Å². The van der Waals surface area contributed by atoms with Crippen LogP contribution >= 0.6 is 0 Å². The third kappa shape index (κ3) is 20.1. The Hall–Kier alpha value is -8.70. The summed E-state index contributed by atoms with van der Waals surface area (Å²) in [6.07, 6.45) is -3.17. The van der Waals surface area contributed by atoms with Crippen LogP contribution in [0.4, 0.5) is 13.2 Å². The third-order valence-electron chi connectivity index (χ3n) is 21.8. The summed E-state index contributed by atoms with van der Waals surface area (Å²) in [4.78, 5) is 204. The van der Waals surface area contributed by atoms with Crippen molar-refractivity contribution in [1.29, 1.82) is 0 Å². The number of hydrogen-bond donors (Lipinski definition) is 3. The number of amides is 12. The lowest BCUT2D eigenvalue weighted by molar-refractivity contribution is -0.158. The molecule has 5 fully saturated rings. The highest BCUT2D eigenvalue weighted by atomic mass is 19.4. The third-order valence-corrected chi connectivity index (χ3v) is 21.8. The van der Waals surface area contributed by atoms with Crippen LogP contribution < -0.4 is 16.0 Å². The number of fused-ring (bicyclic) bond motifs is 3. The maximum atomic E-state index is 15.5. The van der Waals surface area contributed by atoms with Gasteiger partial charge in [-0.25, -0.2) is 0 Å². The van der Waals surface area contributed by atoms with E-state index >= 15 is 28.8 Å². The van der Waals surface area contributed by atoms with E-state index in [0.717, 1.165) is 48.8 Å². The van der Waals surface area contributed by atoms with Gasteiger partial charge < -0.3 is 69.5 Å². The standard InChI is InChI=1S/C75H109F3N12O15/c1-15-46(4)62-70(101)84(10)45-60(93)86(12)54-30-23-24-39-89(69(54)100)57(40-47-31-33-50(34-32-47)75(76,77)78)68(99)83(9)44-58(91)79-52(35-36-61(94)105-73(5,6)49-28-19-18-20-29-49)66(97)90-43-51(104-17-3)41-55(90)65(96)81-74(37-25-38-74)72(103)88(14)63(48-26-21-22-27-48)71(102)87(13)56(67(98)82(7)8)42-59(92)85(11)53(16-2)64(95)80-62/h18-20,28-29,31-34,46,48,51-57,62-63H,15-17,21-27,30,35-45H2,1-14H3,(H,79,91)(H,80,95)(H,81,96)/t46-,51+,52-,53+,54-,55-,56-,57-,62?,63-/m0/s1. The average molecular weight is 1480 g/mol. The fourth-order valence-electron chi connectivity index (χ4n) is 15.1. The summed E-state index contributed by atoms with van der Waals surface area (Å²) >= 11 is 0. The number of nitrogens with one attached hydrogen (secondary N) is 3. The second-order valence-corrected chi connectivity index (χ2v) is 29.7. The van der Waals surface area contributed by atoms with E-state index in [4.69, 9.17) is 9.47 Å². The summed E-state index contributed by atoms with van der Waals surface area (Å²) in [5.74, 6) is -10.7. The number of ether oxygens (including phenoxy) is 2. The smallest absolute Gasteiger partial charge is 0.416 e. The van der Waals surface area contributed by atoms with E-state index < -0.39 is 198 Å². The van der Waals surface area contributed by atoms with Gasteiger partial charge >= 0.3 is 12.1 Å². The van der Waals surface area contributed by atoms with Gasteiger partial charge in [-0.15, -0.1) is 0 Å². The van der Waals surface area contributed by atoms with Crippen LogP contribution in [0, 0.1) is 11.8 Å². The van der Waals surface area contributed by atoms with Crippen molar-refractivity contribution in [3.05, 3.63) is 71.3 Å². The molecule has 1 spiro atoms. The average Bonchev–Trinajstić information content (AvgIpc) is 1.66. The van der Waals surface area contributed by atoms with Gasteiger partial charge in [0, 0.05) is 95.3 Å². The van der Waals surface area contributed by atoms with Crippen LogP contribution in [0.3, 0.4) is 0 Å². The first-order chi connectivity index (χ1) is 49.4. The molecule has 3 heterocycles. The Morgan fingerprint density at radius 2 is 1.29 bits per heavy atom. The van der Waals surface area contributed by atoms with E-state index in [-0.39, 0.29) is 70.2 Å². The van der Waals surface area contributed by atoms with Crippen molar-refractivity contribution in [2.75, 3.05) is 89.2 Å². The Labute approximate surface area is 614 Å². The highest BCUT2D eigenvalue weighted by molar-refractivity contribution is 6.01. The minimum absolute atomic E-state index is 0.0226. The second-order valence-electron chi connectivity index (χ2n) is 29.7. The van der Waals surface area contributed by atoms with Crippen LogP contribution in [0.2, 0.25) is 0 Å². The van der Waals surface area contributed by atoms with Gasteiger partial charge in [0.25, 0.3) is 0 Å². The summed E-state index contributed by atoms with van der Waals surface area (Å²) < 4.78 is 53.9. The fraction of sp³-hybridized carbons (Fsp3) is 0.667. The van der Waals surface area contributed by atoms with E-state index in [1.54, 1.807) is 71.9 Å².